The zero-order valence-electron chi connectivity index (χ0n) is 12.4. The maximum absolute atomic E-state index is 9.88. The normalized spacial score (nSPS) is 42.9. The van der Waals surface area contributed by atoms with E-state index in [9.17, 15) is 5.11 Å². The zero-order valence-corrected chi connectivity index (χ0v) is 12.4. The van der Waals surface area contributed by atoms with Crippen LogP contribution in [0.3, 0.4) is 0 Å². The highest BCUT2D eigenvalue weighted by Crippen LogP contribution is 2.42. The summed E-state index contributed by atoms with van der Waals surface area (Å²) < 4.78 is 0. The molecule has 1 heterocycles. The quantitative estimate of drug-likeness (QED) is 0.800. The average Bonchev–Trinajstić information content (AvgIpc) is 3.08. The Morgan fingerprint density at radius 2 is 2.16 bits per heavy atom. The van der Waals surface area contributed by atoms with Gasteiger partial charge in [-0.05, 0) is 63.8 Å². The van der Waals surface area contributed by atoms with E-state index in [1.165, 1.54) is 38.6 Å². The lowest BCUT2D eigenvalue weighted by Crippen LogP contribution is -2.57. The molecule has 3 aliphatic rings. The molecule has 2 saturated carbocycles. The Balaban J connectivity index is 1.63. The number of hydrogen-bond acceptors (Lipinski definition) is 3. The molecule has 1 saturated heterocycles. The fourth-order valence-corrected chi connectivity index (χ4v) is 4.77. The van der Waals surface area contributed by atoms with Crippen LogP contribution in [-0.2, 0) is 0 Å². The number of nitrogens with zero attached hydrogens (tertiary/aromatic N) is 1. The van der Waals surface area contributed by atoms with E-state index in [0.717, 1.165) is 43.8 Å². The molecule has 0 aromatic carbocycles. The Hall–Kier alpha value is -0.120. The van der Waals surface area contributed by atoms with Crippen molar-refractivity contribution in [2.75, 3.05) is 19.7 Å². The van der Waals surface area contributed by atoms with Crippen LogP contribution in [0, 0.1) is 5.92 Å². The maximum Gasteiger partial charge on any atom is 0.0613 e. The van der Waals surface area contributed by atoms with Gasteiger partial charge in [0.2, 0.25) is 0 Å². The summed E-state index contributed by atoms with van der Waals surface area (Å²) in [7, 11) is 0. The van der Waals surface area contributed by atoms with Gasteiger partial charge in [0.05, 0.1) is 6.61 Å². The third-order valence-corrected chi connectivity index (χ3v) is 5.79. The van der Waals surface area contributed by atoms with E-state index < -0.39 is 0 Å². The molecule has 1 aliphatic heterocycles. The Morgan fingerprint density at radius 1 is 1.26 bits per heavy atom. The highest BCUT2D eigenvalue weighted by atomic mass is 16.3. The third-order valence-electron chi connectivity index (χ3n) is 5.79. The molecule has 0 radical (unpaired) electrons. The number of likely N-dealkylation sites (tertiary alicyclic amines) is 1. The molecular weight excluding hydrogens is 236 g/mol. The van der Waals surface area contributed by atoms with Crippen molar-refractivity contribution >= 4 is 0 Å². The lowest BCUT2D eigenvalue weighted by atomic mass is 9.78. The standard InChI is InChI=1S/C16H30N2O/c1-2-8-17-16(12-19)7-3-4-15(10-16)18-11-13-5-6-14(18)9-13/h13-15,17,19H,2-12H2,1H3. The molecular formula is C16H30N2O. The van der Waals surface area contributed by atoms with Gasteiger partial charge in [-0.3, -0.25) is 4.90 Å². The van der Waals surface area contributed by atoms with E-state index in [1.807, 2.05) is 0 Å². The van der Waals surface area contributed by atoms with E-state index >= 15 is 0 Å². The minimum absolute atomic E-state index is 0.0146. The Bertz CT molecular complexity index is 309. The average molecular weight is 266 g/mol. The van der Waals surface area contributed by atoms with Crippen LogP contribution in [-0.4, -0.2) is 47.3 Å². The summed E-state index contributed by atoms with van der Waals surface area (Å²) in [6, 6.07) is 1.59. The summed E-state index contributed by atoms with van der Waals surface area (Å²) in [6.07, 6.45) is 10.4. The highest BCUT2D eigenvalue weighted by Gasteiger charge is 2.44. The van der Waals surface area contributed by atoms with E-state index in [-0.39, 0.29) is 5.54 Å². The summed E-state index contributed by atoms with van der Waals surface area (Å²) in [6.45, 7) is 4.90. The number of aliphatic hydroxyl groups is 1. The van der Waals surface area contributed by atoms with Crippen LogP contribution in [0.15, 0.2) is 0 Å². The van der Waals surface area contributed by atoms with Crippen molar-refractivity contribution in [2.45, 2.75) is 75.9 Å². The predicted octanol–water partition coefficient (Wildman–Crippen LogP) is 2.14. The van der Waals surface area contributed by atoms with Crippen LogP contribution in [0.4, 0.5) is 0 Å². The highest BCUT2D eigenvalue weighted by molar-refractivity contribution is 5.01. The minimum atomic E-state index is 0.0146. The Morgan fingerprint density at radius 3 is 2.79 bits per heavy atom. The molecule has 3 nitrogen and oxygen atoms in total. The summed E-state index contributed by atoms with van der Waals surface area (Å²) in [5.74, 6) is 0.985. The van der Waals surface area contributed by atoms with Crippen molar-refractivity contribution in [1.29, 1.82) is 0 Å². The van der Waals surface area contributed by atoms with Gasteiger partial charge in [0.15, 0.2) is 0 Å². The van der Waals surface area contributed by atoms with Crippen LogP contribution in [0.1, 0.15) is 58.3 Å². The second-order valence-electron chi connectivity index (χ2n) is 7.15. The van der Waals surface area contributed by atoms with E-state index in [1.54, 1.807) is 0 Å². The van der Waals surface area contributed by atoms with Gasteiger partial charge in [0.25, 0.3) is 0 Å². The molecule has 0 spiro atoms. The van der Waals surface area contributed by atoms with Gasteiger partial charge in [-0.1, -0.05) is 6.92 Å². The van der Waals surface area contributed by atoms with Crippen molar-refractivity contribution in [3.8, 4) is 0 Å². The molecule has 110 valence electrons. The molecule has 2 bridgehead atoms. The topological polar surface area (TPSA) is 35.5 Å². The van der Waals surface area contributed by atoms with Crippen LogP contribution in [0.25, 0.3) is 0 Å². The minimum Gasteiger partial charge on any atom is -0.394 e. The number of rotatable bonds is 5. The molecule has 4 atom stereocenters. The van der Waals surface area contributed by atoms with Crippen molar-refractivity contribution in [2.24, 2.45) is 5.92 Å². The summed E-state index contributed by atoms with van der Waals surface area (Å²) in [4.78, 5) is 2.80. The maximum atomic E-state index is 9.88. The number of fused-ring (bicyclic) bond motifs is 2. The smallest absolute Gasteiger partial charge is 0.0613 e. The van der Waals surface area contributed by atoms with Gasteiger partial charge < -0.3 is 10.4 Å². The van der Waals surface area contributed by atoms with Gasteiger partial charge >= 0.3 is 0 Å². The van der Waals surface area contributed by atoms with Gasteiger partial charge in [-0.15, -0.1) is 0 Å². The number of hydrogen-bond donors (Lipinski definition) is 2. The van der Waals surface area contributed by atoms with Gasteiger partial charge in [-0.25, -0.2) is 0 Å². The first-order valence-corrected chi connectivity index (χ1v) is 8.38. The second-order valence-corrected chi connectivity index (χ2v) is 7.15. The molecule has 0 aromatic rings. The third kappa shape index (κ3) is 2.70. The van der Waals surface area contributed by atoms with E-state index in [0.29, 0.717) is 6.61 Å². The number of nitrogens with one attached hydrogen (secondary N) is 1. The van der Waals surface area contributed by atoms with Crippen LogP contribution in [0.2, 0.25) is 0 Å². The van der Waals surface area contributed by atoms with Gasteiger partial charge in [0.1, 0.15) is 0 Å². The molecule has 2 aliphatic carbocycles. The lowest BCUT2D eigenvalue weighted by molar-refractivity contribution is 0.0451. The fourth-order valence-electron chi connectivity index (χ4n) is 4.77. The molecule has 3 heteroatoms. The lowest BCUT2D eigenvalue weighted by Gasteiger charge is -2.46. The summed E-state index contributed by atoms with van der Waals surface area (Å²) >= 11 is 0. The number of aliphatic hydroxyl groups excluding tert-OH is 1. The van der Waals surface area contributed by atoms with Crippen LogP contribution >= 0.6 is 0 Å². The summed E-state index contributed by atoms with van der Waals surface area (Å²) in [5.41, 5.74) is 0.0146. The van der Waals surface area contributed by atoms with Gasteiger partial charge in [0, 0.05) is 24.2 Å². The second kappa shape index (κ2) is 5.71. The van der Waals surface area contributed by atoms with Crippen molar-refractivity contribution < 1.29 is 5.11 Å². The fraction of sp³-hybridized carbons (Fsp3) is 1.00. The molecule has 0 amide bonds. The van der Waals surface area contributed by atoms with Crippen LogP contribution < -0.4 is 5.32 Å². The Labute approximate surface area is 117 Å². The SMILES string of the molecule is CCCNC1(CO)CCCC(N2CC3CCC2C3)C1. The molecule has 19 heavy (non-hydrogen) atoms. The van der Waals surface area contributed by atoms with Crippen molar-refractivity contribution in [3.63, 3.8) is 0 Å². The summed E-state index contributed by atoms with van der Waals surface area (Å²) in [5, 5.41) is 13.5. The molecule has 2 N–H and O–H groups in total. The first-order valence-electron chi connectivity index (χ1n) is 8.38. The monoisotopic (exact) mass is 266 g/mol. The molecule has 3 rings (SSSR count). The molecule has 3 fully saturated rings. The van der Waals surface area contributed by atoms with E-state index in [2.05, 4.69) is 17.1 Å². The van der Waals surface area contributed by atoms with Crippen LogP contribution in [0.5, 0.6) is 0 Å². The van der Waals surface area contributed by atoms with Crippen molar-refractivity contribution in [3.05, 3.63) is 0 Å². The molecule has 4 unspecified atom stereocenters. The van der Waals surface area contributed by atoms with E-state index in [4.69, 9.17) is 0 Å². The predicted molar refractivity (Wildman–Crippen MR) is 78.2 cm³/mol. The first kappa shape index (κ1) is 13.8. The van der Waals surface area contributed by atoms with Gasteiger partial charge in [-0.2, -0.15) is 0 Å². The first-order chi connectivity index (χ1) is 9.26. The Kier molecular flexibility index (Phi) is 4.16. The van der Waals surface area contributed by atoms with Crippen molar-refractivity contribution in [1.82, 2.24) is 10.2 Å². The zero-order chi connectivity index (χ0) is 13.3. The molecule has 0 aromatic heterocycles. The number of piperidine rings is 1. The largest absolute Gasteiger partial charge is 0.394 e.